The Kier molecular flexibility index (Phi) is 6.40. The van der Waals surface area contributed by atoms with Crippen LogP contribution in [0.1, 0.15) is 44.2 Å². The van der Waals surface area contributed by atoms with Crippen LogP contribution in [0.15, 0.2) is 54.7 Å². The standard InChI is InChI=1S/C26H29FN6O/c1-2-17-7-11-19(12-8-17)29-25-28-15-23-24(32-25)33(20-13-9-18(16-34)10-14-20)26(31-23)30-22-6-4-3-5-21(22)27/h3-8,11-12,15,18,20,34H,2,9-10,13-14,16H2,1H3,(H,30,31)(H,28,29,32)/t18-,20+. The van der Waals surface area contributed by atoms with Gasteiger partial charge in [0, 0.05) is 18.3 Å². The molecule has 2 heterocycles. The van der Waals surface area contributed by atoms with E-state index in [0.29, 0.717) is 34.7 Å². The molecule has 7 nitrogen and oxygen atoms in total. The SMILES string of the molecule is CCc1ccc(Nc2ncc3nc(Nc4ccccc4F)n([C@H]4CC[C@@H](CO)CC4)c3n2)cc1. The molecule has 0 saturated heterocycles. The lowest BCUT2D eigenvalue weighted by Gasteiger charge is -2.29. The van der Waals surface area contributed by atoms with Crippen molar-refractivity contribution in [2.75, 3.05) is 17.2 Å². The summed E-state index contributed by atoms with van der Waals surface area (Å²) < 4.78 is 16.5. The number of para-hydroxylation sites is 1. The first kappa shape index (κ1) is 22.3. The van der Waals surface area contributed by atoms with Crippen molar-refractivity contribution in [2.45, 2.75) is 45.1 Å². The second-order valence-electron chi connectivity index (χ2n) is 8.85. The fraction of sp³-hybridized carbons (Fsp3) is 0.346. The third-order valence-corrected chi connectivity index (χ3v) is 6.61. The molecular formula is C26H29FN6O. The summed E-state index contributed by atoms with van der Waals surface area (Å²) in [5.41, 5.74) is 3.90. The number of nitrogens with one attached hydrogen (secondary N) is 2. The van der Waals surface area contributed by atoms with Crippen LogP contribution in [0.3, 0.4) is 0 Å². The van der Waals surface area contributed by atoms with E-state index in [9.17, 15) is 9.50 Å². The zero-order valence-corrected chi connectivity index (χ0v) is 19.2. The lowest BCUT2D eigenvalue weighted by Crippen LogP contribution is -2.21. The molecule has 2 aromatic carbocycles. The first-order valence-corrected chi connectivity index (χ1v) is 11.9. The fourth-order valence-electron chi connectivity index (χ4n) is 4.61. The van der Waals surface area contributed by atoms with Crippen LogP contribution in [0.2, 0.25) is 0 Å². The zero-order chi connectivity index (χ0) is 23.5. The number of fused-ring (bicyclic) bond motifs is 1. The average Bonchev–Trinajstić information content (AvgIpc) is 3.23. The topological polar surface area (TPSA) is 87.9 Å². The lowest BCUT2D eigenvalue weighted by atomic mass is 9.86. The van der Waals surface area contributed by atoms with Gasteiger partial charge in [0.25, 0.3) is 0 Å². The number of hydrogen-bond donors (Lipinski definition) is 3. The smallest absolute Gasteiger partial charge is 0.229 e. The molecule has 0 atom stereocenters. The summed E-state index contributed by atoms with van der Waals surface area (Å²) in [6.07, 6.45) is 6.34. The van der Waals surface area contributed by atoms with Gasteiger partial charge in [0.05, 0.1) is 11.9 Å². The average molecular weight is 461 g/mol. The third-order valence-electron chi connectivity index (χ3n) is 6.61. The van der Waals surface area contributed by atoms with Crippen LogP contribution in [0.5, 0.6) is 0 Å². The Morgan fingerprint density at radius 3 is 2.47 bits per heavy atom. The summed E-state index contributed by atoms with van der Waals surface area (Å²) in [6, 6.07) is 14.9. The number of nitrogens with zero attached hydrogens (tertiary/aromatic N) is 4. The molecule has 0 amide bonds. The molecule has 0 radical (unpaired) electrons. The summed E-state index contributed by atoms with van der Waals surface area (Å²) in [4.78, 5) is 14.0. The third kappa shape index (κ3) is 4.59. The number of aryl methyl sites for hydroxylation is 1. The Morgan fingerprint density at radius 1 is 1.00 bits per heavy atom. The van der Waals surface area contributed by atoms with Gasteiger partial charge in [-0.3, -0.25) is 4.57 Å². The van der Waals surface area contributed by atoms with E-state index < -0.39 is 0 Å². The molecule has 0 aliphatic heterocycles. The molecule has 1 fully saturated rings. The molecule has 1 aliphatic rings. The second-order valence-corrected chi connectivity index (χ2v) is 8.85. The van der Waals surface area contributed by atoms with Gasteiger partial charge >= 0.3 is 0 Å². The predicted octanol–water partition coefficient (Wildman–Crippen LogP) is 5.74. The van der Waals surface area contributed by atoms with Crippen molar-refractivity contribution < 1.29 is 9.50 Å². The van der Waals surface area contributed by atoms with Crippen molar-refractivity contribution in [2.24, 2.45) is 5.92 Å². The van der Waals surface area contributed by atoms with Crippen LogP contribution < -0.4 is 10.6 Å². The van der Waals surface area contributed by atoms with Gasteiger partial charge in [0.1, 0.15) is 11.3 Å². The van der Waals surface area contributed by atoms with Crippen molar-refractivity contribution in [3.8, 4) is 0 Å². The van der Waals surface area contributed by atoms with E-state index in [4.69, 9.17) is 9.97 Å². The van der Waals surface area contributed by atoms with E-state index in [1.54, 1.807) is 24.4 Å². The predicted molar refractivity (Wildman–Crippen MR) is 132 cm³/mol. The van der Waals surface area contributed by atoms with E-state index in [1.165, 1.54) is 11.6 Å². The molecule has 2 aromatic heterocycles. The van der Waals surface area contributed by atoms with Gasteiger partial charge in [-0.2, -0.15) is 4.98 Å². The van der Waals surface area contributed by atoms with Gasteiger partial charge in [0.2, 0.25) is 11.9 Å². The number of aliphatic hydroxyl groups is 1. The number of imidazole rings is 1. The van der Waals surface area contributed by atoms with Crippen LogP contribution in [-0.2, 0) is 6.42 Å². The molecule has 34 heavy (non-hydrogen) atoms. The maximum absolute atomic E-state index is 14.4. The van der Waals surface area contributed by atoms with E-state index in [1.807, 2.05) is 12.1 Å². The Labute approximate surface area is 198 Å². The number of benzene rings is 2. The maximum atomic E-state index is 14.4. The number of rotatable bonds is 7. The van der Waals surface area contributed by atoms with Crippen molar-refractivity contribution in [3.05, 3.63) is 66.1 Å². The van der Waals surface area contributed by atoms with Crippen molar-refractivity contribution in [1.82, 2.24) is 19.5 Å². The fourth-order valence-corrected chi connectivity index (χ4v) is 4.61. The highest BCUT2D eigenvalue weighted by Gasteiger charge is 2.27. The molecule has 176 valence electrons. The lowest BCUT2D eigenvalue weighted by molar-refractivity contribution is 0.170. The van der Waals surface area contributed by atoms with Crippen LogP contribution >= 0.6 is 0 Å². The number of halogens is 1. The normalized spacial score (nSPS) is 18.2. The molecule has 1 saturated carbocycles. The molecule has 0 unspecified atom stereocenters. The zero-order valence-electron chi connectivity index (χ0n) is 19.2. The largest absolute Gasteiger partial charge is 0.396 e. The van der Waals surface area contributed by atoms with Crippen molar-refractivity contribution >= 4 is 34.4 Å². The maximum Gasteiger partial charge on any atom is 0.229 e. The quantitative estimate of drug-likeness (QED) is 0.326. The monoisotopic (exact) mass is 460 g/mol. The van der Waals surface area contributed by atoms with E-state index in [0.717, 1.165) is 37.8 Å². The van der Waals surface area contributed by atoms with Crippen molar-refractivity contribution in [1.29, 1.82) is 0 Å². The van der Waals surface area contributed by atoms with Gasteiger partial charge in [-0.05, 0) is 67.9 Å². The van der Waals surface area contributed by atoms with Crippen LogP contribution in [0, 0.1) is 11.7 Å². The van der Waals surface area contributed by atoms with Gasteiger partial charge in [0.15, 0.2) is 5.65 Å². The van der Waals surface area contributed by atoms with E-state index >= 15 is 0 Å². The number of anilines is 4. The Hall–Kier alpha value is -3.52. The van der Waals surface area contributed by atoms with Crippen LogP contribution in [0.25, 0.3) is 11.2 Å². The highest BCUT2D eigenvalue weighted by molar-refractivity contribution is 5.77. The molecule has 3 N–H and O–H groups in total. The molecule has 0 spiro atoms. The molecule has 4 aromatic rings. The van der Waals surface area contributed by atoms with Gasteiger partial charge < -0.3 is 15.7 Å². The highest BCUT2D eigenvalue weighted by Crippen LogP contribution is 2.37. The molecule has 1 aliphatic carbocycles. The Balaban J connectivity index is 1.51. The van der Waals surface area contributed by atoms with Crippen LogP contribution in [0.4, 0.5) is 27.7 Å². The van der Waals surface area contributed by atoms with E-state index in [-0.39, 0.29) is 18.5 Å². The first-order chi connectivity index (χ1) is 16.6. The van der Waals surface area contributed by atoms with Crippen molar-refractivity contribution in [3.63, 3.8) is 0 Å². The number of hydrogen-bond acceptors (Lipinski definition) is 6. The Bertz CT molecular complexity index is 1260. The first-order valence-electron chi connectivity index (χ1n) is 11.9. The Morgan fingerprint density at radius 2 is 1.76 bits per heavy atom. The minimum Gasteiger partial charge on any atom is -0.396 e. The van der Waals surface area contributed by atoms with Gasteiger partial charge in [-0.15, -0.1) is 0 Å². The van der Waals surface area contributed by atoms with Gasteiger partial charge in [-0.25, -0.2) is 14.4 Å². The summed E-state index contributed by atoms with van der Waals surface area (Å²) in [7, 11) is 0. The van der Waals surface area contributed by atoms with Crippen LogP contribution in [-0.4, -0.2) is 31.2 Å². The van der Waals surface area contributed by atoms with Gasteiger partial charge in [-0.1, -0.05) is 31.2 Å². The summed E-state index contributed by atoms with van der Waals surface area (Å²) in [5.74, 6) is 1.02. The second kappa shape index (κ2) is 9.77. The van der Waals surface area contributed by atoms with E-state index in [2.05, 4.69) is 39.2 Å². The minimum absolute atomic E-state index is 0.147. The summed E-state index contributed by atoms with van der Waals surface area (Å²) >= 11 is 0. The molecular weight excluding hydrogens is 431 g/mol. The summed E-state index contributed by atoms with van der Waals surface area (Å²) in [6.45, 7) is 2.34. The molecule has 5 rings (SSSR count). The number of aliphatic hydroxyl groups excluding tert-OH is 1. The minimum atomic E-state index is -0.339. The summed E-state index contributed by atoms with van der Waals surface area (Å²) in [5, 5.41) is 16.0. The number of aromatic nitrogens is 4. The molecule has 0 bridgehead atoms. The highest BCUT2D eigenvalue weighted by atomic mass is 19.1. The molecule has 8 heteroatoms.